The van der Waals surface area contributed by atoms with E-state index >= 15 is 0 Å². The Hall–Kier alpha value is -2.90. The van der Waals surface area contributed by atoms with E-state index in [0.29, 0.717) is 31.8 Å². The van der Waals surface area contributed by atoms with Crippen LogP contribution in [0.15, 0.2) is 23.6 Å². The van der Waals surface area contributed by atoms with Gasteiger partial charge < -0.3 is 14.2 Å². The van der Waals surface area contributed by atoms with E-state index in [9.17, 15) is 19.2 Å². The Morgan fingerprint density at radius 2 is 1.81 bits per heavy atom. The van der Waals surface area contributed by atoms with Gasteiger partial charge in [0.1, 0.15) is 5.60 Å². The topological polar surface area (TPSA) is 97.7 Å². The summed E-state index contributed by atoms with van der Waals surface area (Å²) in [5, 5.41) is 2.25. The average molecular weight is 516 g/mol. The molecule has 8 nitrogen and oxygen atoms in total. The van der Waals surface area contributed by atoms with E-state index < -0.39 is 5.60 Å². The van der Waals surface area contributed by atoms with E-state index in [1.165, 1.54) is 0 Å². The fourth-order valence-corrected chi connectivity index (χ4v) is 4.43. The highest BCUT2D eigenvalue weighted by molar-refractivity contribution is 5.98. The molecule has 1 N–H and O–H groups in total. The van der Waals surface area contributed by atoms with Crippen molar-refractivity contribution in [2.24, 2.45) is 11.8 Å². The van der Waals surface area contributed by atoms with E-state index in [0.717, 1.165) is 42.4 Å². The fraction of sp³-hybridized carbons (Fsp3) is 0.655. The Kier molecular flexibility index (Phi) is 10.7. The number of nitrogens with one attached hydrogen (secondary N) is 1. The van der Waals surface area contributed by atoms with E-state index in [2.05, 4.69) is 25.7 Å². The van der Waals surface area contributed by atoms with Crippen LogP contribution >= 0.6 is 0 Å². The highest BCUT2D eigenvalue weighted by Gasteiger charge is 2.28. The zero-order valence-electron chi connectivity index (χ0n) is 23.7. The molecule has 2 atom stereocenters. The Balaban J connectivity index is 0.000000449. The Morgan fingerprint density at radius 3 is 2.30 bits per heavy atom. The van der Waals surface area contributed by atoms with Crippen LogP contribution in [0.4, 0.5) is 4.79 Å². The number of amides is 3. The van der Waals surface area contributed by atoms with Crippen molar-refractivity contribution in [3.8, 4) is 0 Å². The molecule has 1 aromatic heterocycles. The summed E-state index contributed by atoms with van der Waals surface area (Å²) in [6.07, 6.45) is 6.15. The lowest BCUT2D eigenvalue weighted by atomic mass is 9.93. The minimum atomic E-state index is -0.492. The standard InChI is InChI=1S/C23H36N2O3.C6H9NO2/c1-8-17(4)15-20-19(16(2)3)11-14-25(21(20)26)18-9-12-24(13-10-18)22(27)28-23(5,6)7;1-4-2-3-5(8)7-6(4)9/h11,14,17-18H,2,8-10,12-13,15H2,1,3-7H3;4H,2-3H2,1H3,(H,7,8,9). The van der Waals surface area contributed by atoms with Crippen molar-refractivity contribution in [3.05, 3.63) is 40.3 Å². The molecule has 3 amide bonds. The molecule has 206 valence electrons. The molecule has 2 fully saturated rings. The number of hydrogen-bond donors (Lipinski definition) is 1. The second kappa shape index (κ2) is 13.1. The van der Waals surface area contributed by atoms with Crippen LogP contribution in [0.2, 0.25) is 0 Å². The van der Waals surface area contributed by atoms with E-state index in [1.807, 2.05) is 51.4 Å². The van der Waals surface area contributed by atoms with Crippen LogP contribution in [0.5, 0.6) is 0 Å². The number of rotatable bonds is 5. The summed E-state index contributed by atoms with van der Waals surface area (Å²) in [6.45, 7) is 19.0. The Bertz CT molecular complexity index is 1040. The molecular weight excluding hydrogens is 470 g/mol. The van der Waals surface area contributed by atoms with Gasteiger partial charge in [0.15, 0.2) is 0 Å². The summed E-state index contributed by atoms with van der Waals surface area (Å²) in [5.41, 5.74) is 2.39. The molecule has 3 rings (SSSR count). The van der Waals surface area contributed by atoms with Gasteiger partial charge in [-0.05, 0) is 70.9 Å². The van der Waals surface area contributed by atoms with Crippen molar-refractivity contribution < 1.29 is 19.1 Å². The first-order valence-corrected chi connectivity index (χ1v) is 13.4. The predicted octanol–water partition coefficient (Wildman–Crippen LogP) is 5.10. The maximum absolute atomic E-state index is 13.3. The second-order valence-corrected chi connectivity index (χ2v) is 11.5. The van der Waals surface area contributed by atoms with Gasteiger partial charge in [0.05, 0.1) is 0 Å². The highest BCUT2D eigenvalue weighted by Crippen LogP contribution is 2.25. The lowest BCUT2D eigenvalue weighted by molar-refractivity contribution is -0.135. The molecule has 2 aliphatic heterocycles. The number of likely N-dealkylation sites (tertiary alicyclic amines) is 1. The van der Waals surface area contributed by atoms with Crippen molar-refractivity contribution in [2.75, 3.05) is 13.1 Å². The van der Waals surface area contributed by atoms with Gasteiger partial charge in [-0.25, -0.2) is 4.79 Å². The lowest BCUT2D eigenvalue weighted by Crippen LogP contribution is -2.43. The third kappa shape index (κ3) is 8.86. The first-order chi connectivity index (χ1) is 17.2. The number of pyridine rings is 1. The Morgan fingerprint density at radius 1 is 1.19 bits per heavy atom. The number of hydrogen-bond acceptors (Lipinski definition) is 5. The quantitative estimate of drug-likeness (QED) is 0.550. The molecule has 0 aliphatic carbocycles. The molecule has 3 heterocycles. The maximum atomic E-state index is 13.3. The fourth-order valence-electron chi connectivity index (χ4n) is 4.43. The average Bonchev–Trinajstić information content (AvgIpc) is 2.82. The molecule has 2 saturated heterocycles. The summed E-state index contributed by atoms with van der Waals surface area (Å²) in [7, 11) is 0. The van der Waals surface area contributed by atoms with Crippen molar-refractivity contribution in [2.45, 2.75) is 98.6 Å². The molecule has 8 heteroatoms. The molecule has 0 spiro atoms. The Labute approximate surface area is 221 Å². The number of aromatic nitrogens is 1. The van der Waals surface area contributed by atoms with Gasteiger partial charge in [-0.2, -0.15) is 0 Å². The SMILES string of the molecule is C=C(C)c1ccn(C2CCN(C(=O)OC(C)(C)C)CC2)c(=O)c1CC(C)CC.CC1CCC(=O)NC1=O. The van der Waals surface area contributed by atoms with Crippen molar-refractivity contribution in [1.29, 1.82) is 0 Å². The van der Waals surface area contributed by atoms with Crippen LogP contribution in [0, 0.1) is 11.8 Å². The summed E-state index contributed by atoms with van der Waals surface area (Å²) in [5.74, 6) is 0.197. The first-order valence-electron chi connectivity index (χ1n) is 13.4. The van der Waals surface area contributed by atoms with E-state index in [-0.39, 0.29) is 35.4 Å². The number of piperidine rings is 2. The lowest BCUT2D eigenvalue weighted by Gasteiger charge is -2.34. The van der Waals surface area contributed by atoms with Crippen LogP contribution in [0.1, 0.15) is 97.7 Å². The zero-order chi connectivity index (χ0) is 27.9. The van der Waals surface area contributed by atoms with Gasteiger partial charge in [0.25, 0.3) is 5.56 Å². The maximum Gasteiger partial charge on any atom is 0.410 e. The number of carbonyl (C=O) groups excluding carboxylic acids is 3. The third-order valence-corrected chi connectivity index (χ3v) is 6.95. The molecule has 0 saturated carbocycles. The van der Waals surface area contributed by atoms with E-state index in [4.69, 9.17) is 4.74 Å². The summed E-state index contributed by atoms with van der Waals surface area (Å²) in [4.78, 5) is 48.4. The van der Waals surface area contributed by atoms with Gasteiger partial charge in [0.2, 0.25) is 11.8 Å². The third-order valence-electron chi connectivity index (χ3n) is 6.95. The predicted molar refractivity (Wildman–Crippen MR) is 146 cm³/mol. The largest absolute Gasteiger partial charge is 0.444 e. The summed E-state index contributed by atoms with van der Waals surface area (Å²) < 4.78 is 7.34. The minimum Gasteiger partial charge on any atom is -0.444 e. The zero-order valence-corrected chi connectivity index (χ0v) is 23.7. The number of carbonyl (C=O) groups is 3. The van der Waals surface area contributed by atoms with Crippen LogP contribution < -0.4 is 10.9 Å². The molecule has 0 radical (unpaired) electrons. The number of ether oxygens (including phenoxy) is 1. The molecule has 2 aliphatic rings. The molecule has 1 aromatic rings. The van der Waals surface area contributed by atoms with Gasteiger partial charge in [-0.3, -0.25) is 19.7 Å². The number of allylic oxidation sites excluding steroid dienone is 1. The van der Waals surface area contributed by atoms with Crippen molar-refractivity contribution >= 4 is 23.5 Å². The minimum absolute atomic E-state index is 0.0164. The van der Waals surface area contributed by atoms with E-state index in [1.54, 1.807) is 4.90 Å². The van der Waals surface area contributed by atoms with Gasteiger partial charge in [0, 0.05) is 43.2 Å². The summed E-state index contributed by atoms with van der Waals surface area (Å²) >= 11 is 0. The molecule has 2 unspecified atom stereocenters. The molecule has 0 aromatic carbocycles. The first kappa shape index (κ1) is 30.3. The summed E-state index contributed by atoms with van der Waals surface area (Å²) in [6, 6.07) is 2.14. The van der Waals surface area contributed by atoms with Crippen molar-refractivity contribution in [3.63, 3.8) is 0 Å². The van der Waals surface area contributed by atoms with Crippen LogP contribution in [0.3, 0.4) is 0 Å². The highest BCUT2D eigenvalue weighted by atomic mass is 16.6. The molecule has 0 bridgehead atoms. The molecular formula is C29H45N3O5. The molecule has 37 heavy (non-hydrogen) atoms. The van der Waals surface area contributed by atoms with Crippen molar-refractivity contribution in [1.82, 2.24) is 14.8 Å². The smallest absolute Gasteiger partial charge is 0.410 e. The van der Waals surface area contributed by atoms with Crippen LogP contribution in [-0.2, 0) is 20.7 Å². The monoisotopic (exact) mass is 515 g/mol. The van der Waals surface area contributed by atoms with Gasteiger partial charge >= 0.3 is 6.09 Å². The normalized spacial score (nSPS) is 19.4. The second-order valence-electron chi connectivity index (χ2n) is 11.5. The van der Waals surface area contributed by atoms with Crippen LogP contribution in [0.25, 0.3) is 5.57 Å². The van der Waals surface area contributed by atoms with Crippen LogP contribution in [-0.4, -0.2) is 46.1 Å². The number of nitrogens with zero attached hydrogens (tertiary/aromatic N) is 2. The number of imide groups is 1. The van der Waals surface area contributed by atoms with Gasteiger partial charge in [-0.1, -0.05) is 39.3 Å². The van der Waals surface area contributed by atoms with Gasteiger partial charge in [-0.15, -0.1) is 0 Å².